The van der Waals surface area contributed by atoms with Gasteiger partial charge in [-0.2, -0.15) is 0 Å². The number of fused-ring (bicyclic) bond motifs is 1. The Labute approximate surface area is 153 Å². The van der Waals surface area contributed by atoms with E-state index in [1.165, 1.54) is 83.2 Å². The predicted octanol–water partition coefficient (Wildman–Crippen LogP) is 4.28. The summed E-state index contributed by atoms with van der Waals surface area (Å²) in [5.74, 6) is 1.77. The van der Waals surface area contributed by atoms with Crippen molar-refractivity contribution in [3.63, 3.8) is 0 Å². The Hall–Kier alpha value is -1.06. The number of hydrogen-bond acceptors (Lipinski definition) is 3. The zero-order valence-corrected chi connectivity index (χ0v) is 15.7. The van der Waals surface area contributed by atoms with E-state index in [0.29, 0.717) is 0 Å². The van der Waals surface area contributed by atoms with Crippen LogP contribution >= 0.6 is 0 Å². The second-order valence-electron chi connectivity index (χ2n) is 8.25. The Kier molecular flexibility index (Phi) is 5.94. The number of piperidine rings is 2. The molecule has 1 aromatic carbocycles. The van der Waals surface area contributed by atoms with E-state index in [2.05, 4.69) is 34.1 Å². The van der Waals surface area contributed by atoms with Crippen LogP contribution in [0.4, 0.5) is 0 Å². The van der Waals surface area contributed by atoms with Gasteiger partial charge in [0.1, 0.15) is 5.75 Å². The first-order valence-electron chi connectivity index (χ1n) is 10.6. The van der Waals surface area contributed by atoms with Crippen LogP contribution in [-0.4, -0.2) is 55.2 Å². The van der Waals surface area contributed by atoms with Crippen molar-refractivity contribution in [1.82, 2.24) is 9.80 Å². The summed E-state index contributed by atoms with van der Waals surface area (Å²) in [6.07, 6.45) is 10.9. The van der Waals surface area contributed by atoms with E-state index in [1.54, 1.807) is 0 Å². The van der Waals surface area contributed by atoms with Crippen molar-refractivity contribution >= 4 is 0 Å². The third-order valence-corrected chi connectivity index (χ3v) is 6.45. The maximum Gasteiger partial charge on any atom is 0.119 e. The molecular weight excluding hydrogens is 308 g/mol. The number of benzene rings is 1. The minimum atomic E-state index is 0.733. The lowest BCUT2D eigenvalue weighted by Crippen LogP contribution is -2.33. The maximum absolute atomic E-state index is 5.97. The Morgan fingerprint density at radius 2 is 1.72 bits per heavy atom. The van der Waals surface area contributed by atoms with Crippen molar-refractivity contribution < 1.29 is 4.74 Å². The van der Waals surface area contributed by atoms with Crippen LogP contribution in [0.2, 0.25) is 0 Å². The number of likely N-dealkylation sites (tertiary alicyclic amines) is 1. The molecule has 138 valence electrons. The zero-order chi connectivity index (χ0) is 16.9. The quantitative estimate of drug-likeness (QED) is 0.718. The van der Waals surface area contributed by atoms with E-state index < -0.39 is 0 Å². The van der Waals surface area contributed by atoms with Crippen molar-refractivity contribution in [2.45, 2.75) is 63.3 Å². The van der Waals surface area contributed by atoms with Crippen molar-refractivity contribution in [3.05, 3.63) is 29.8 Å². The summed E-state index contributed by atoms with van der Waals surface area (Å²) in [7, 11) is 0. The molecule has 3 aliphatic heterocycles. The molecule has 0 aliphatic carbocycles. The van der Waals surface area contributed by atoms with Crippen LogP contribution in [0.15, 0.2) is 24.3 Å². The number of hydrogen-bond donors (Lipinski definition) is 0. The Morgan fingerprint density at radius 1 is 0.920 bits per heavy atom. The van der Waals surface area contributed by atoms with Gasteiger partial charge in [0.25, 0.3) is 0 Å². The summed E-state index contributed by atoms with van der Waals surface area (Å²) in [4.78, 5) is 5.31. The van der Waals surface area contributed by atoms with Gasteiger partial charge in [0.05, 0.1) is 6.61 Å². The highest BCUT2D eigenvalue weighted by Gasteiger charge is 2.33. The van der Waals surface area contributed by atoms with Crippen molar-refractivity contribution in [2.75, 3.05) is 39.3 Å². The van der Waals surface area contributed by atoms with Crippen LogP contribution in [0.25, 0.3) is 0 Å². The van der Waals surface area contributed by atoms with Crippen LogP contribution in [0, 0.1) is 0 Å². The molecular formula is C22H34N2O. The summed E-state index contributed by atoms with van der Waals surface area (Å²) >= 11 is 0. The van der Waals surface area contributed by atoms with E-state index in [0.717, 1.165) is 30.7 Å². The van der Waals surface area contributed by atoms with Gasteiger partial charge in [-0.15, -0.1) is 0 Å². The molecule has 3 aliphatic rings. The molecule has 2 unspecified atom stereocenters. The van der Waals surface area contributed by atoms with E-state index in [4.69, 9.17) is 4.74 Å². The molecule has 3 nitrogen and oxygen atoms in total. The van der Waals surface area contributed by atoms with Crippen LogP contribution in [-0.2, 0) is 0 Å². The molecule has 3 heterocycles. The van der Waals surface area contributed by atoms with E-state index >= 15 is 0 Å². The maximum atomic E-state index is 5.97. The molecule has 3 fully saturated rings. The van der Waals surface area contributed by atoms with Gasteiger partial charge in [-0.25, -0.2) is 0 Å². The molecule has 2 atom stereocenters. The first-order valence-corrected chi connectivity index (χ1v) is 10.6. The second-order valence-corrected chi connectivity index (χ2v) is 8.25. The summed E-state index contributed by atoms with van der Waals surface area (Å²) < 4.78 is 5.97. The first kappa shape index (κ1) is 17.4. The summed E-state index contributed by atoms with van der Waals surface area (Å²) in [5.41, 5.74) is 1.51. The molecule has 0 amide bonds. The lowest BCUT2D eigenvalue weighted by molar-refractivity contribution is 0.197. The van der Waals surface area contributed by atoms with Gasteiger partial charge < -0.3 is 9.64 Å². The number of nitrogens with zero attached hydrogens (tertiary/aromatic N) is 2. The largest absolute Gasteiger partial charge is 0.494 e. The molecule has 0 spiro atoms. The molecule has 25 heavy (non-hydrogen) atoms. The fourth-order valence-corrected chi connectivity index (χ4v) is 4.99. The zero-order valence-electron chi connectivity index (χ0n) is 15.7. The minimum absolute atomic E-state index is 0.733. The van der Waals surface area contributed by atoms with E-state index in [-0.39, 0.29) is 0 Å². The van der Waals surface area contributed by atoms with Gasteiger partial charge >= 0.3 is 0 Å². The summed E-state index contributed by atoms with van der Waals surface area (Å²) in [6, 6.07) is 9.84. The number of rotatable bonds is 6. The summed E-state index contributed by atoms with van der Waals surface area (Å²) in [6.45, 7) is 7.19. The number of ether oxygens (including phenoxy) is 1. The Bertz CT molecular complexity index is 509. The first-order chi connectivity index (χ1) is 12.4. The van der Waals surface area contributed by atoms with Crippen LogP contribution in [0.3, 0.4) is 0 Å². The topological polar surface area (TPSA) is 15.7 Å². The lowest BCUT2D eigenvalue weighted by atomic mass is 9.94. The van der Waals surface area contributed by atoms with Crippen molar-refractivity contribution in [3.8, 4) is 5.75 Å². The van der Waals surface area contributed by atoms with Crippen molar-refractivity contribution in [1.29, 1.82) is 0 Å². The molecule has 0 N–H and O–H groups in total. The third-order valence-electron chi connectivity index (χ3n) is 6.45. The second kappa shape index (κ2) is 8.55. The molecule has 0 radical (unpaired) electrons. The minimum Gasteiger partial charge on any atom is -0.494 e. The SMILES string of the molecule is c1cc(C2CC3CCCCN3C2)ccc1OCCCN1CCCCC1. The van der Waals surface area contributed by atoms with Gasteiger partial charge in [-0.3, -0.25) is 4.90 Å². The standard InChI is InChI=1S/C22H34N2O/c1-3-12-23(13-4-1)14-6-16-25-22-10-8-19(9-11-22)20-17-21-7-2-5-15-24(21)18-20/h8-11,20-21H,1-7,12-18H2. The molecule has 3 saturated heterocycles. The Balaban J connectivity index is 1.20. The van der Waals surface area contributed by atoms with Crippen LogP contribution < -0.4 is 4.74 Å². The predicted molar refractivity (Wildman–Crippen MR) is 103 cm³/mol. The monoisotopic (exact) mass is 342 g/mol. The molecule has 0 bridgehead atoms. The van der Waals surface area contributed by atoms with Crippen LogP contribution in [0.5, 0.6) is 5.75 Å². The molecule has 3 heteroatoms. The average molecular weight is 343 g/mol. The molecule has 4 rings (SSSR count). The van der Waals surface area contributed by atoms with Gasteiger partial charge in [0, 0.05) is 19.1 Å². The highest BCUT2D eigenvalue weighted by molar-refractivity contribution is 5.30. The van der Waals surface area contributed by atoms with Crippen molar-refractivity contribution in [2.24, 2.45) is 0 Å². The van der Waals surface area contributed by atoms with Gasteiger partial charge in [-0.1, -0.05) is 25.0 Å². The van der Waals surface area contributed by atoms with E-state index in [1.807, 2.05) is 0 Å². The van der Waals surface area contributed by atoms with E-state index in [9.17, 15) is 0 Å². The fourth-order valence-electron chi connectivity index (χ4n) is 4.99. The highest BCUT2D eigenvalue weighted by Crippen LogP contribution is 2.36. The molecule has 1 aromatic rings. The Morgan fingerprint density at radius 3 is 2.52 bits per heavy atom. The summed E-state index contributed by atoms with van der Waals surface area (Å²) in [5, 5.41) is 0. The molecule has 0 saturated carbocycles. The van der Waals surface area contributed by atoms with Crippen LogP contribution in [0.1, 0.15) is 62.8 Å². The van der Waals surface area contributed by atoms with Gasteiger partial charge in [-0.05, 0) is 81.8 Å². The normalized spacial score (nSPS) is 28.0. The highest BCUT2D eigenvalue weighted by atomic mass is 16.5. The van der Waals surface area contributed by atoms with Gasteiger partial charge in [0.2, 0.25) is 0 Å². The molecule has 0 aromatic heterocycles. The fraction of sp³-hybridized carbons (Fsp3) is 0.727. The van der Waals surface area contributed by atoms with Gasteiger partial charge in [0.15, 0.2) is 0 Å². The lowest BCUT2D eigenvalue weighted by Gasteiger charge is -2.28. The average Bonchev–Trinajstić information content (AvgIpc) is 3.11. The third kappa shape index (κ3) is 4.57. The smallest absolute Gasteiger partial charge is 0.119 e.